The third kappa shape index (κ3) is 2.50. The summed E-state index contributed by atoms with van der Waals surface area (Å²) in [6.45, 7) is 0. The second-order valence-electron chi connectivity index (χ2n) is 3.67. The van der Waals surface area contributed by atoms with Crippen molar-refractivity contribution in [2.75, 3.05) is 5.32 Å². The second kappa shape index (κ2) is 4.99. The molecule has 94 valence electrons. The van der Waals surface area contributed by atoms with E-state index in [0.717, 1.165) is 0 Å². The van der Waals surface area contributed by atoms with Crippen molar-refractivity contribution in [3.05, 3.63) is 54.2 Å². The lowest BCUT2D eigenvalue weighted by Gasteiger charge is -2.03. The Morgan fingerprint density at radius 3 is 2.84 bits per heavy atom. The number of hydrogen-bond acceptors (Lipinski definition) is 5. The predicted molar refractivity (Wildman–Crippen MR) is 71.4 cm³/mol. The molecule has 6 nitrogen and oxygen atoms in total. The Morgan fingerprint density at radius 1 is 1.26 bits per heavy atom. The highest BCUT2D eigenvalue weighted by Crippen LogP contribution is 2.12. The van der Waals surface area contributed by atoms with Crippen molar-refractivity contribution in [3.8, 4) is 5.82 Å². The Bertz CT molecular complexity index is 661. The van der Waals surface area contributed by atoms with Gasteiger partial charge in [0.2, 0.25) is 0 Å². The Hall–Kier alpha value is -2.54. The van der Waals surface area contributed by atoms with Crippen LogP contribution in [0.25, 0.3) is 5.82 Å². The molecule has 1 amide bonds. The molecule has 7 heteroatoms. The summed E-state index contributed by atoms with van der Waals surface area (Å²) in [5.41, 5.74) is 0.485. The van der Waals surface area contributed by atoms with Gasteiger partial charge in [-0.3, -0.25) is 14.7 Å². The highest BCUT2D eigenvalue weighted by atomic mass is 32.1. The summed E-state index contributed by atoms with van der Waals surface area (Å²) in [7, 11) is 0. The van der Waals surface area contributed by atoms with Crippen LogP contribution in [0.4, 0.5) is 5.13 Å². The van der Waals surface area contributed by atoms with Gasteiger partial charge < -0.3 is 0 Å². The van der Waals surface area contributed by atoms with E-state index in [1.54, 1.807) is 47.0 Å². The first kappa shape index (κ1) is 11.5. The van der Waals surface area contributed by atoms with Gasteiger partial charge in [0, 0.05) is 30.2 Å². The molecule has 0 aliphatic carbocycles. The molecule has 3 heterocycles. The number of nitrogens with zero attached hydrogens (tertiary/aromatic N) is 4. The van der Waals surface area contributed by atoms with E-state index in [1.807, 2.05) is 0 Å². The van der Waals surface area contributed by atoms with Gasteiger partial charge in [-0.25, -0.2) is 15.0 Å². The molecule has 0 aliphatic rings. The van der Waals surface area contributed by atoms with E-state index < -0.39 is 0 Å². The number of nitrogens with one attached hydrogen (secondary N) is 1. The van der Waals surface area contributed by atoms with E-state index in [1.165, 1.54) is 17.5 Å². The third-order valence-corrected chi connectivity index (χ3v) is 3.12. The van der Waals surface area contributed by atoms with E-state index >= 15 is 0 Å². The minimum atomic E-state index is -0.223. The van der Waals surface area contributed by atoms with Crippen LogP contribution in [0.5, 0.6) is 0 Å². The fourth-order valence-electron chi connectivity index (χ4n) is 1.52. The number of thiazole rings is 1. The van der Waals surface area contributed by atoms with Gasteiger partial charge in [0.05, 0.1) is 5.56 Å². The highest BCUT2D eigenvalue weighted by molar-refractivity contribution is 7.13. The molecule has 0 aliphatic heterocycles. The summed E-state index contributed by atoms with van der Waals surface area (Å²) in [5, 5.41) is 5.08. The van der Waals surface area contributed by atoms with Gasteiger partial charge in [-0.2, -0.15) is 0 Å². The highest BCUT2D eigenvalue weighted by Gasteiger charge is 2.08. The molecule has 0 spiro atoms. The molecule has 0 unspecified atom stereocenters. The number of carbonyl (C=O) groups excluding carboxylic acids is 1. The lowest BCUT2D eigenvalue weighted by molar-refractivity contribution is 0.102. The first-order valence-corrected chi connectivity index (χ1v) is 6.36. The summed E-state index contributed by atoms with van der Waals surface area (Å²) in [6, 6.07) is 3.48. The van der Waals surface area contributed by atoms with Gasteiger partial charge in [0.1, 0.15) is 12.1 Å². The van der Waals surface area contributed by atoms with E-state index in [9.17, 15) is 4.79 Å². The molecule has 0 radical (unpaired) electrons. The Kier molecular flexibility index (Phi) is 3.03. The SMILES string of the molecule is O=C(Nc1nccs1)c1ccc(-n2ccnc2)nc1. The molecule has 19 heavy (non-hydrogen) atoms. The average molecular weight is 271 g/mol. The summed E-state index contributed by atoms with van der Waals surface area (Å²) in [5.74, 6) is 0.489. The van der Waals surface area contributed by atoms with Crippen LogP contribution in [-0.4, -0.2) is 25.4 Å². The van der Waals surface area contributed by atoms with Crippen LogP contribution in [0.15, 0.2) is 48.6 Å². The summed E-state index contributed by atoms with van der Waals surface area (Å²) >= 11 is 1.37. The lowest BCUT2D eigenvalue weighted by atomic mass is 10.2. The minimum absolute atomic E-state index is 0.223. The molecule has 0 aromatic carbocycles. The number of anilines is 1. The minimum Gasteiger partial charge on any atom is -0.298 e. The van der Waals surface area contributed by atoms with Crippen molar-refractivity contribution in [1.29, 1.82) is 0 Å². The number of imidazole rings is 1. The van der Waals surface area contributed by atoms with Crippen LogP contribution in [-0.2, 0) is 0 Å². The van der Waals surface area contributed by atoms with Crippen LogP contribution in [0.2, 0.25) is 0 Å². The predicted octanol–water partition coefficient (Wildman–Crippen LogP) is 1.98. The maximum atomic E-state index is 11.9. The molecular weight excluding hydrogens is 262 g/mol. The van der Waals surface area contributed by atoms with E-state index in [4.69, 9.17) is 0 Å². The first-order valence-electron chi connectivity index (χ1n) is 5.48. The second-order valence-corrected chi connectivity index (χ2v) is 4.56. The summed E-state index contributed by atoms with van der Waals surface area (Å²) in [6.07, 6.45) is 8.28. The van der Waals surface area contributed by atoms with Gasteiger partial charge in [-0.1, -0.05) is 0 Å². The lowest BCUT2D eigenvalue weighted by Crippen LogP contribution is -2.12. The standard InChI is InChI=1S/C12H9N5OS/c18-11(16-12-14-4-6-19-12)9-1-2-10(15-7-9)17-5-3-13-8-17/h1-8H,(H,14,16,18). The van der Waals surface area contributed by atoms with Crippen molar-refractivity contribution in [1.82, 2.24) is 19.5 Å². The van der Waals surface area contributed by atoms with E-state index in [-0.39, 0.29) is 5.91 Å². The van der Waals surface area contributed by atoms with Crippen LogP contribution in [0.3, 0.4) is 0 Å². The van der Waals surface area contributed by atoms with Gasteiger partial charge in [-0.15, -0.1) is 11.3 Å². The maximum absolute atomic E-state index is 11.9. The van der Waals surface area contributed by atoms with Crippen molar-refractivity contribution in [2.24, 2.45) is 0 Å². The van der Waals surface area contributed by atoms with Gasteiger partial charge in [0.25, 0.3) is 5.91 Å². The summed E-state index contributed by atoms with van der Waals surface area (Å²) in [4.78, 5) is 24.1. The third-order valence-electron chi connectivity index (χ3n) is 2.43. The van der Waals surface area contributed by atoms with Crippen molar-refractivity contribution in [2.45, 2.75) is 0 Å². The fraction of sp³-hybridized carbons (Fsp3) is 0. The van der Waals surface area contributed by atoms with Crippen LogP contribution in [0, 0.1) is 0 Å². The number of carbonyl (C=O) groups is 1. The molecule has 0 atom stereocenters. The number of hydrogen-bond donors (Lipinski definition) is 1. The Labute approximate surface area is 112 Å². The fourth-order valence-corrected chi connectivity index (χ4v) is 2.05. The van der Waals surface area contributed by atoms with Crippen molar-refractivity contribution < 1.29 is 4.79 Å². The zero-order valence-electron chi connectivity index (χ0n) is 9.72. The molecule has 0 bridgehead atoms. The van der Waals surface area contributed by atoms with E-state index in [0.29, 0.717) is 16.5 Å². The van der Waals surface area contributed by atoms with Crippen LogP contribution in [0.1, 0.15) is 10.4 Å². The average Bonchev–Trinajstić information content (AvgIpc) is 3.12. The zero-order valence-corrected chi connectivity index (χ0v) is 10.5. The van der Waals surface area contributed by atoms with Crippen molar-refractivity contribution >= 4 is 22.4 Å². The van der Waals surface area contributed by atoms with Crippen LogP contribution >= 0.6 is 11.3 Å². The molecule has 3 aromatic heterocycles. The first-order chi connectivity index (χ1) is 9.33. The van der Waals surface area contributed by atoms with Crippen LogP contribution < -0.4 is 5.32 Å². The smallest absolute Gasteiger partial charge is 0.259 e. The number of pyridine rings is 1. The topological polar surface area (TPSA) is 72.7 Å². The maximum Gasteiger partial charge on any atom is 0.259 e. The Morgan fingerprint density at radius 2 is 2.21 bits per heavy atom. The quantitative estimate of drug-likeness (QED) is 0.790. The van der Waals surface area contributed by atoms with Gasteiger partial charge >= 0.3 is 0 Å². The molecule has 3 rings (SSSR count). The zero-order chi connectivity index (χ0) is 13.1. The van der Waals surface area contributed by atoms with E-state index in [2.05, 4.69) is 20.3 Å². The Balaban J connectivity index is 1.77. The van der Waals surface area contributed by atoms with Gasteiger partial charge in [-0.05, 0) is 12.1 Å². The van der Waals surface area contributed by atoms with Gasteiger partial charge in [0.15, 0.2) is 5.13 Å². The molecule has 0 saturated carbocycles. The molecule has 0 saturated heterocycles. The monoisotopic (exact) mass is 271 g/mol. The molecular formula is C12H9N5OS. The molecule has 3 aromatic rings. The number of rotatable bonds is 3. The number of amides is 1. The largest absolute Gasteiger partial charge is 0.298 e. The van der Waals surface area contributed by atoms with Crippen molar-refractivity contribution in [3.63, 3.8) is 0 Å². The normalized spacial score (nSPS) is 10.3. The molecule has 1 N–H and O–H groups in total. The summed E-state index contributed by atoms with van der Waals surface area (Å²) < 4.78 is 1.77. The number of aromatic nitrogens is 4. The molecule has 0 fully saturated rings.